The molecule has 0 saturated carbocycles. The molecule has 1 rings (SSSR count). The molecule has 1 heterocycles. The minimum atomic E-state index is -2.90. The zero-order valence-corrected chi connectivity index (χ0v) is 16.8. The summed E-state index contributed by atoms with van der Waals surface area (Å²) in [5.41, 5.74) is 0. The van der Waals surface area contributed by atoms with E-state index >= 15 is 0 Å². The van der Waals surface area contributed by atoms with Crippen molar-refractivity contribution in [3.8, 4) is 0 Å². The van der Waals surface area contributed by atoms with E-state index in [1.807, 2.05) is 0 Å². The maximum Gasteiger partial charge on any atom is 0.323 e. The highest BCUT2D eigenvalue weighted by atomic mass is 35.5. The summed E-state index contributed by atoms with van der Waals surface area (Å²) < 4.78 is 30.0. The van der Waals surface area contributed by atoms with Crippen LogP contribution >= 0.6 is 11.6 Å². The van der Waals surface area contributed by atoms with Crippen LogP contribution in [0.4, 0.5) is 0 Å². The maximum atomic E-state index is 11.8. The molecule has 1 aliphatic heterocycles. The molecule has 0 unspecified atom stereocenters. The van der Waals surface area contributed by atoms with Crippen LogP contribution in [0.2, 0.25) is 0 Å². The molecule has 0 radical (unpaired) electrons. The van der Waals surface area contributed by atoms with Crippen LogP contribution in [-0.4, -0.2) is 77.8 Å². The molecule has 29 heavy (non-hydrogen) atoms. The summed E-state index contributed by atoms with van der Waals surface area (Å²) in [6.45, 7) is 3.41. The van der Waals surface area contributed by atoms with Crippen LogP contribution in [0, 0.1) is 0 Å². The van der Waals surface area contributed by atoms with Gasteiger partial charge in [0.1, 0.15) is 18.6 Å². The second-order valence-electron chi connectivity index (χ2n) is 5.87. The Kier molecular flexibility index (Phi) is 8.80. The minimum Gasteiger partial charge on any atom is -0.463 e. The van der Waals surface area contributed by atoms with Gasteiger partial charge in [-0.25, -0.2) is 0 Å². The first-order valence-electron chi connectivity index (χ1n) is 8.21. The van der Waals surface area contributed by atoms with Crippen LogP contribution < -0.4 is 0 Å². The second kappa shape index (κ2) is 10.4. The van der Waals surface area contributed by atoms with Crippen molar-refractivity contribution in [1.82, 2.24) is 0 Å². The molecular weight excluding hydrogens is 420 g/mol. The van der Waals surface area contributed by atoms with Crippen molar-refractivity contribution in [2.24, 2.45) is 0 Å². The molecule has 0 aliphatic carbocycles. The molecule has 164 valence electrons. The predicted octanol–water partition coefficient (Wildman–Crippen LogP) is -0.828. The standard InChI is InChI=1S/C16H21ClO12/c1-7(18)24-6-11-13(25-8(2)19)16(23,29-12(22)5-17)14(26-9(3)20)15(28-11)27-10(4)21/h11,13-15,23H,5-6H2,1-4H3/t11-,13-,14+,15-,16-/m1/s1. The summed E-state index contributed by atoms with van der Waals surface area (Å²) in [4.78, 5) is 57.5. The molecular formula is C16H21ClO12. The Hall–Kier alpha value is -2.44. The van der Waals surface area contributed by atoms with E-state index in [0.717, 1.165) is 27.7 Å². The lowest BCUT2D eigenvalue weighted by Crippen LogP contribution is -2.71. The first-order valence-corrected chi connectivity index (χ1v) is 8.74. The number of rotatable bonds is 7. The van der Waals surface area contributed by atoms with Gasteiger partial charge in [0.25, 0.3) is 5.79 Å². The molecule has 0 spiro atoms. The van der Waals surface area contributed by atoms with Gasteiger partial charge < -0.3 is 33.5 Å². The summed E-state index contributed by atoms with van der Waals surface area (Å²) in [7, 11) is 0. The molecule has 0 aromatic carbocycles. The largest absolute Gasteiger partial charge is 0.463 e. The number of esters is 5. The fourth-order valence-corrected chi connectivity index (χ4v) is 2.56. The van der Waals surface area contributed by atoms with E-state index in [4.69, 9.17) is 40.0 Å². The van der Waals surface area contributed by atoms with Crippen LogP contribution in [0.1, 0.15) is 27.7 Å². The number of alkyl halides is 1. The van der Waals surface area contributed by atoms with Crippen molar-refractivity contribution in [3.63, 3.8) is 0 Å². The van der Waals surface area contributed by atoms with Crippen molar-refractivity contribution < 1.29 is 57.5 Å². The third-order valence-corrected chi connectivity index (χ3v) is 3.63. The van der Waals surface area contributed by atoms with Gasteiger partial charge in [0.2, 0.25) is 18.5 Å². The van der Waals surface area contributed by atoms with Gasteiger partial charge >= 0.3 is 29.8 Å². The molecule has 1 fully saturated rings. The number of carbonyl (C=O) groups excluding carboxylic acids is 5. The Labute approximate surface area is 170 Å². The molecule has 1 saturated heterocycles. The highest BCUT2D eigenvalue weighted by molar-refractivity contribution is 6.26. The fraction of sp³-hybridized carbons (Fsp3) is 0.688. The zero-order valence-electron chi connectivity index (χ0n) is 16.0. The predicted molar refractivity (Wildman–Crippen MR) is 89.9 cm³/mol. The molecule has 13 heteroatoms. The molecule has 0 bridgehead atoms. The Morgan fingerprint density at radius 3 is 1.86 bits per heavy atom. The van der Waals surface area contributed by atoms with Crippen LogP contribution in [0.5, 0.6) is 0 Å². The van der Waals surface area contributed by atoms with Crippen molar-refractivity contribution in [2.75, 3.05) is 12.5 Å². The van der Waals surface area contributed by atoms with Crippen LogP contribution in [0.25, 0.3) is 0 Å². The number of hydrogen-bond donors (Lipinski definition) is 1. The monoisotopic (exact) mass is 440 g/mol. The van der Waals surface area contributed by atoms with Crippen molar-refractivity contribution in [3.05, 3.63) is 0 Å². The average molecular weight is 441 g/mol. The number of aliphatic hydroxyl groups is 1. The van der Waals surface area contributed by atoms with E-state index in [0.29, 0.717) is 0 Å². The second-order valence-corrected chi connectivity index (χ2v) is 6.14. The number of halogens is 1. The van der Waals surface area contributed by atoms with Gasteiger partial charge in [-0.1, -0.05) is 0 Å². The van der Waals surface area contributed by atoms with Crippen molar-refractivity contribution in [2.45, 2.75) is 58.1 Å². The number of hydrogen-bond acceptors (Lipinski definition) is 12. The molecule has 12 nitrogen and oxygen atoms in total. The third kappa shape index (κ3) is 6.84. The molecule has 5 atom stereocenters. The van der Waals surface area contributed by atoms with E-state index in [9.17, 15) is 29.1 Å². The first-order chi connectivity index (χ1) is 13.4. The van der Waals surface area contributed by atoms with Gasteiger partial charge in [-0.2, -0.15) is 0 Å². The topological polar surface area (TPSA) is 161 Å². The Morgan fingerprint density at radius 2 is 1.41 bits per heavy atom. The summed E-state index contributed by atoms with van der Waals surface area (Å²) in [6.07, 6.45) is -7.10. The lowest BCUT2D eigenvalue weighted by Gasteiger charge is -2.48. The van der Waals surface area contributed by atoms with Crippen molar-refractivity contribution >= 4 is 41.4 Å². The fourth-order valence-electron chi connectivity index (χ4n) is 2.50. The lowest BCUT2D eigenvalue weighted by molar-refractivity contribution is -0.383. The quantitative estimate of drug-likeness (QED) is 0.227. The zero-order chi connectivity index (χ0) is 22.4. The average Bonchev–Trinajstić information content (AvgIpc) is 2.58. The van der Waals surface area contributed by atoms with Gasteiger partial charge in [0.15, 0.2) is 0 Å². The molecule has 0 amide bonds. The van der Waals surface area contributed by atoms with Gasteiger partial charge in [0.05, 0.1) is 0 Å². The Morgan fingerprint density at radius 1 is 0.897 bits per heavy atom. The van der Waals surface area contributed by atoms with Crippen LogP contribution in [0.3, 0.4) is 0 Å². The van der Waals surface area contributed by atoms with Crippen LogP contribution in [-0.2, 0) is 52.4 Å². The number of ether oxygens (including phenoxy) is 6. The SMILES string of the molecule is CC(=O)OC[C@H]1O[C@@H](OC(C)=O)[C@H](OC(C)=O)[C@](O)(OC(=O)CCl)[C@@H]1OC(C)=O. The Bertz CT molecular complexity index is 664. The van der Waals surface area contributed by atoms with Crippen LogP contribution in [0.15, 0.2) is 0 Å². The van der Waals surface area contributed by atoms with E-state index in [1.165, 1.54) is 0 Å². The van der Waals surface area contributed by atoms with E-state index < -0.39 is 72.7 Å². The van der Waals surface area contributed by atoms with Crippen molar-refractivity contribution in [1.29, 1.82) is 0 Å². The molecule has 0 aromatic heterocycles. The van der Waals surface area contributed by atoms with Gasteiger partial charge in [-0.3, -0.25) is 24.0 Å². The highest BCUT2D eigenvalue weighted by Crippen LogP contribution is 2.36. The van der Waals surface area contributed by atoms with Gasteiger partial charge in [-0.15, -0.1) is 11.6 Å². The molecule has 0 aromatic rings. The minimum absolute atomic E-state index is 0.599. The van der Waals surface area contributed by atoms with E-state index in [2.05, 4.69) is 0 Å². The third-order valence-electron chi connectivity index (χ3n) is 3.41. The normalized spacial score (nSPS) is 28.6. The lowest BCUT2D eigenvalue weighted by atomic mass is 9.94. The summed E-state index contributed by atoms with van der Waals surface area (Å²) >= 11 is 5.41. The summed E-state index contributed by atoms with van der Waals surface area (Å²) in [5, 5.41) is 11.1. The maximum absolute atomic E-state index is 11.8. The summed E-state index contributed by atoms with van der Waals surface area (Å²) in [5.74, 6) is -8.38. The van der Waals surface area contributed by atoms with Gasteiger partial charge in [0, 0.05) is 27.7 Å². The number of carbonyl (C=O) groups is 5. The smallest absolute Gasteiger partial charge is 0.323 e. The molecule has 1 N–H and O–H groups in total. The van der Waals surface area contributed by atoms with E-state index in [1.54, 1.807) is 0 Å². The Balaban J connectivity index is 3.48. The molecule has 1 aliphatic rings. The summed E-state index contributed by atoms with van der Waals surface area (Å²) in [6, 6.07) is 0. The van der Waals surface area contributed by atoms with E-state index in [-0.39, 0.29) is 0 Å². The highest BCUT2D eigenvalue weighted by Gasteiger charge is 2.64. The van der Waals surface area contributed by atoms with Gasteiger partial charge in [-0.05, 0) is 0 Å². The first kappa shape index (κ1) is 24.6.